The molecule has 1 saturated heterocycles. The van der Waals surface area contributed by atoms with Crippen molar-refractivity contribution in [2.24, 2.45) is 0 Å². The minimum absolute atomic E-state index is 0.00103. The zero-order valence-electron chi connectivity index (χ0n) is 17.1. The minimum atomic E-state index is -0.423. The molecule has 1 N–H and O–H groups in total. The van der Waals surface area contributed by atoms with Crippen LogP contribution in [0.3, 0.4) is 0 Å². The number of aryl methyl sites for hydroxylation is 1. The molecule has 1 aliphatic heterocycles. The van der Waals surface area contributed by atoms with Crippen LogP contribution in [0.15, 0.2) is 58.5 Å². The fourth-order valence-electron chi connectivity index (χ4n) is 3.55. The van der Waals surface area contributed by atoms with Crippen LogP contribution >= 0.6 is 11.8 Å². The van der Waals surface area contributed by atoms with E-state index in [1.165, 1.54) is 11.8 Å². The summed E-state index contributed by atoms with van der Waals surface area (Å²) in [6.45, 7) is 4.96. The van der Waals surface area contributed by atoms with Crippen molar-refractivity contribution in [3.05, 3.63) is 64.4 Å². The van der Waals surface area contributed by atoms with Crippen molar-refractivity contribution in [1.29, 1.82) is 0 Å². The van der Waals surface area contributed by atoms with Gasteiger partial charge in [0.15, 0.2) is 5.16 Å². The number of hydrogen-bond donors (Lipinski definition) is 1. The van der Waals surface area contributed by atoms with Gasteiger partial charge in [-0.15, -0.1) is 0 Å². The number of nitrogens with zero attached hydrogens (tertiary/aromatic N) is 2. The number of ether oxygens (including phenoxy) is 1. The van der Waals surface area contributed by atoms with Crippen LogP contribution in [-0.2, 0) is 16.1 Å². The molecule has 0 aliphatic carbocycles. The highest BCUT2D eigenvalue weighted by Gasteiger charge is 2.23. The Labute approximate surface area is 179 Å². The number of nitrogens with one attached hydrogen (secondary N) is 1. The standard InChI is InChI=1S/C23H25N3O3S/c1-15-8-3-5-11-19(15)24-21(27)16(2)30-23-25-20-12-6-4-10-18(20)22(28)26(23)14-17-9-7-13-29-17/h3-6,8,10-12,16-17H,7,9,13-14H2,1-2H3,(H,24,27). The van der Waals surface area contributed by atoms with Gasteiger partial charge in [-0.05, 0) is 50.5 Å². The summed E-state index contributed by atoms with van der Waals surface area (Å²) in [5, 5.41) is 3.68. The molecule has 0 spiro atoms. The number of hydrogen-bond acceptors (Lipinski definition) is 5. The van der Waals surface area contributed by atoms with Gasteiger partial charge in [-0.1, -0.05) is 42.1 Å². The lowest BCUT2D eigenvalue weighted by Crippen LogP contribution is -2.30. The molecule has 0 radical (unpaired) electrons. The van der Waals surface area contributed by atoms with Crippen LogP contribution < -0.4 is 10.9 Å². The van der Waals surface area contributed by atoms with Gasteiger partial charge >= 0.3 is 0 Å². The summed E-state index contributed by atoms with van der Waals surface area (Å²) in [6, 6.07) is 15.0. The van der Waals surface area contributed by atoms with Gasteiger partial charge in [-0.2, -0.15) is 0 Å². The lowest BCUT2D eigenvalue weighted by molar-refractivity contribution is -0.115. The van der Waals surface area contributed by atoms with Gasteiger partial charge in [-0.25, -0.2) is 4.98 Å². The average molecular weight is 424 g/mol. The smallest absolute Gasteiger partial charge is 0.262 e. The fraction of sp³-hybridized carbons (Fsp3) is 0.348. The highest BCUT2D eigenvalue weighted by molar-refractivity contribution is 8.00. The second-order valence-electron chi connectivity index (χ2n) is 7.53. The van der Waals surface area contributed by atoms with E-state index in [9.17, 15) is 9.59 Å². The Bertz CT molecular complexity index is 1120. The highest BCUT2D eigenvalue weighted by Crippen LogP contribution is 2.25. The molecule has 1 amide bonds. The van der Waals surface area contributed by atoms with Gasteiger partial charge in [0.05, 0.1) is 28.8 Å². The van der Waals surface area contributed by atoms with Crippen LogP contribution in [0.1, 0.15) is 25.3 Å². The molecular formula is C23H25N3O3S. The summed E-state index contributed by atoms with van der Waals surface area (Å²) in [4.78, 5) is 30.7. The lowest BCUT2D eigenvalue weighted by Gasteiger charge is -2.19. The van der Waals surface area contributed by atoms with Gasteiger partial charge in [0.1, 0.15) is 0 Å². The molecule has 2 atom stereocenters. The first-order valence-corrected chi connectivity index (χ1v) is 11.0. The molecule has 3 aromatic rings. The quantitative estimate of drug-likeness (QED) is 0.479. The van der Waals surface area contributed by atoms with Crippen LogP contribution in [0.2, 0.25) is 0 Å². The SMILES string of the molecule is Cc1ccccc1NC(=O)C(C)Sc1nc2ccccc2c(=O)n1CC1CCCO1. The van der Waals surface area contributed by atoms with Gasteiger partial charge in [0, 0.05) is 12.3 Å². The molecule has 7 heteroatoms. The van der Waals surface area contributed by atoms with Crippen molar-refractivity contribution in [3.8, 4) is 0 Å². The highest BCUT2D eigenvalue weighted by atomic mass is 32.2. The second kappa shape index (κ2) is 9.02. The number of rotatable bonds is 6. The Balaban J connectivity index is 1.62. The zero-order valence-corrected chi connectivity index (χ0v) is 17.9. The van der Waals surface area contributed by atoms with Crippen molar-refractivity contribution in [1.82, 2.24) is 9.55 Å². The number of anilines is 1. The average Bonchev–Trinajstić information content (AvgIpc) is 3.26. The Morgan fingerprint density at radius 2 is 2.03 bits per heavy atom. The monoisotopic (exact) mass is 423 g/mol. The molecule has 6 nitrogen and oxygen atoms in total. The molecular weight excluding hydrogens is 398 g/mol. The molecule has 156 valence electrons. The predicted molar refractivity (Wildman–Crippen MR) is 120 cm³/mol. The third-order valence-corrected chi connectivity index (χ3v) is 6.38. The van der Waals surface area contributed by atoms with Crippen molar-refractivity contribution >= 4 is 34.3 Å². The van der Waals surface area contributed by atoms with Crippen LogP contribution in [0, 0.1) is 6.92 Å². The van der Waals surface area contributed by atoms with E-state index in [4.69, 9.17) is 9.72 Å². The molecule has 2 aromatic carbocycles. The Kier molecular flexibility index (Phi) is 6.20. The minimum Gasteiger partial charge on any atom is -0.376 e. The van der Waals surface area contributed by atoms with Crippen molar-refractivity contribution < 1.29 is 9.53 Å². The predicted octanol–water partition coefficient (Wildman–Crippen LogP) is 4.00. The summed E-state index contributed by atoms with van der Waals surface area (Å²) >= 11 is 1.30. The first-order valence-electron chi connectivity index (χ1n) is 10.2. The number of amides is 1. The van der Waals surface area contributed by atoms with Crippen LogP contribution in [0.25, 0.3) is 10.9 Å². The summed E-state index contributed by atoms with van der Waals surface area (Å²) in [7, 11) is 0. The Hall–Kier alpha value is -2.64. The van der Waals surface area contributed by atoms with E-state index >= 15 is 0 Å². The first kappa shape index (κ1) is 20.6. The largest absolute Gasteiger partial charge is 0.376 e. The fourth-order valence-corrected chi connectivity index (χ4v) is 4.47. The molecule has 1 fully saturated rings. The van der Waals surface area contributed by atoms with Gasteiger partial charge in [0.25, 0.3) is 5.56 Å². The van der Waals surface area contributed by atoms with E-state index in [1.807, 2.05) is 56.3 Å². The van der Waals surface area contributed by atoms with E-state index in [1.54, 1.807) is 10.6 Å². The number of carbonyl (C=O) groups is 1. The van der Waals surface area contributed by atoms with Crippen molar-refractivity contribution in [3.63, 3.8) is 0 Å². The number of thioether (sulfide) groups is 1. The second-order valence-corrected chi connectivity index (χ2v) is 8.83. The maximum Gasteiger partial charge on any atom is 0.262 e. The van der Waals surface area contributed by atoms with E-state index in [0.29, 0.717) is 22.6 Å². The number of fused-ring (bicyclic) bond motifs is 1. The van der Waals surface area contributed by atoms with Gasteiger partial charge in [0.2, 0.25) is 5.91 Å². The van der Waals surface area contributed by atoms with E-state index in [-0.39, 0.29) is 17.6 Å². The number of para-hydroxylation sites is 2. The van der Waals surface area contributed by atoms with Crippen LogP contribution in [-0.4, -0.2) is 33.4 Å². The number of carbonyl (C=O) groups excluding carboxylic acids is 1. The molecule has 0 saturated carbocycles. The van der Waals surface area contributed by atoms with E-state index < -0.39 is 5.25 Å². The molecule has 0 bridgehead atoms. The first-order chi connectivity index (χ1) is 14.5. The van der Waals surface area contributed by atoms with Crippen molar-refractivity contribution in [2.45, 2.75) is 49.7 Å². The normalized spacial score (nSPS) is 17.2. The summed E-state index contributed by atoms with van der Waals surface area (Å²) in [6.07, 6.45) is 1.92. The Morgan fingerprint density at radius 1 is 1.27 bits per heavy atom. The molecule has 1 aliphatic rings. The summed E-state index contributed by atoms with van der Waals surface area (Å²) in [5.41, 5.74) is 2.34. The maximum absolute atomic E-state index is 13.2. The number of benzene rings is 2. The zero-order chi connectivity index (χ0) is 21.1. The third kappa shape index (κ3) is 4.42. The molecule has 30 heavy (non-hydrogen) atoms. The van der Waals surface area contributed by atoms with Gasteiger partial charge < -0.3 is 10.1 Å². The van der Waals surface area contributed by atoms with Crippen LogP contribution in [0.5, 0.6) is 0 Å². The maximum atomic E-state index is 13.2. The number of aromatic nitrogens is 2. The molecule has 1 aromatic heterocycles. The van der Waals surface area contributed by atoms with E-state index in [0.717, 1.165) is 30.7 Å². The lowest BCUT2D eigenvalue weighted by atomic mass is 10.2. The Morgan fingerprint density at radius 3 is 2.80 bits per heavy atom. The van der Waals surface area contributed by atoms with Gasteiger partial charge in [-0.3, -0.25) is 14.2 Å². The topological polar surface area (TPSA) is 73.2 Å². The van der Waals surface area contributed by atoms with Crippen molar-refractivity contribution in [2.75, 3.05) is 11.9 Å². The summed E-state index contributed by atoms with van der Waals surface area (Å²) < 4.78 is 7.41. The van der Waals surface area contributed by atoms with Crippen LogP contribution in [0.4, 0.5) is 5.69 Å². The molecule has 2 heterocycles. The third-order valence-electron chi connectivity index (χ3n) is 5.29. The van der Waals surface area contributed by atoms with E-state index in [2.05, 4.69) is 5.32 Å². The summed E-state index contributed by atoms with van der Waals surface area (Å²) in [5.74, 6) is -0.125. The molecule has 4 rings (SSSR count). The molecule has 2 unspecified atom stereocenters.